The Hall–Kier alpha value is -0.870. The highest BCUT2D eigenvalue weighted by Gasteiger charge is 2.30. The van der Waals surface area contributed by atoms with Crippen LogP contribution in [0.2, 0.25) is 0 Å². The van der Waals surface area contributed by atoms with E-state index in [1.807, 2.05) is 20.8 Å². The minimum Gasteiger partial charge on any atom is -0.348 e. The van der Waals surface area contributed by atoms with E-state index in [2.05, 4.69) is 16.8 Å². The molecular formula is C14H22N2OS. The molecule has 100 valence electrons. The molecule has 18 heavy (non-hydrogen) atoms. The van der Waals surface area contributed by atoms with Crippen LogP contribution in [-0.2, 0) is 11.2 Å². The fourth-order valence-electron chi connectivity index (χ4n) is 2.29. The van der Waals surface area contributed by atoms with E-state index in [4.69, 9.17) is 5.73 Å². The van der Waals surface area contributed by atoms with Crippen molar-refractivity contribution >= 4 is 17.2 Å². The number of thiophene rings is 1. The van der Waals surface area contributed by atoms with Gasteiger partial charge in [0.25, 0.3) is 0 Å². The summed E-state index contributed by atoms with van der Waals surface area (Å²) in [5, 5.41) is 5.22. The van der Waals surface area contributed by atoms with Crippen LogP contribution >= 0.6 is 11.3 Å². The summed E-state index contributed by atoms with van der Waals surface area (Å²) in [5.41, 5.74) is 7.09. The smallest absolute Gasteiger partial charge is 0.237 e. The Kier molecular flexibility index (Phi) is 3.78. The van der Waals surface area contributed by atoms with Crippen molar-refractivity contribution in [2.24, 2.45) is 11.1 Å². The molecule has 0 aliphatic heterocycles. The lowest BCUT2D eigenvalue weighted by molar-refractivity contribution is -0.125. The maximum atomic E-state index is 12.2. The van der Waals surface area contributed by atoms with Crippen molar-refractivity contribution < 1.29 is 4.79 Å². The zero-order chi connectivity index (χ0) is 13.3. The normalized spacial score (nSPS) is 21.2. The molecule has 0 saturated carbocycles. The van der Waals surface area contributed by atoms with Crippen LogP contribution in [-0.4, -0.2) is 11.9 Å². The average molecular weight is 266 g/mol. The van der Waals surface area contributed by atoms with E-state index in [1.54, 1.807) is 11.3 Å². The molecule has 4 heteroatoms. The third-order valence-corrected chi connectivity index (χ3v) is 4.58. The van der Waals surface area contributed by atoms with E-state index >= 15 is 0 Å². The Bertz CT molecular complexity index is 433. The van der Waals surface area contributed by atoms with E-state index in [9.17, 15) is 4.79 Å². The molecule has 3 N–H and O–H groups in total. The van der Waals surface area contributed by atoms with E-state index in [-0.39, 0.29) is 17.4 Å². The third kappa shape index (κ3) is 2.75. The summed E-state index contributed by atoms with van der Waals surface area (Å²) in [6.07, 6.45) is 3.31. The van der Waals surface area contributed by atoms with E-state index < -0.39 is 6.04 Å². The van der Waals surface area contributed by atoms with Gasteiger partial charge in [0.2, 0.25) is 5.91 Å². The lowest BCUT2D eigenvalue weighted by Gasteiger charge is -2.30. The number of hydrogen-bond donors (Lipinski definition) is 2. The number of rotatable bonds is 2. The Labute approximate surface area is 113 Å². The van der Waals surface area contributed by atoms with Gasteiger partial charge in [-0.15, -0.1) is 11.3 Å². The van der Waals surface area contributed by atoms with Gasteiger partial charge in [0.15, 0.2) is 0 Å². The summed E-state index contributed by atoms with van der Waals surface area (Å²) in [6.45, 7) is 5.98. The Morgan fingerprint density at radius 2 is 2.28 bits per heavy atom. The molecule has 1 aromatic rings. The molecule has 0 bridgehead atoms. The first-order valence-electron chi connectivity index (χ1n) is 6.52. The van der Waals surface area contributed by atoms with Gasteiger partial charge in [0.1, 0.15) is 0 Å². The number of fused-ring (bicyclic) bond motifs is 1. The highest BCUT2D eigenvalue weighted by atomic mass is 32.1. The molecule has 1 aromatic heterocycles. The first-order valence-corrected chi connectivity index (χ1v) is 7.40. The molecule has 3 nitrogen and oxygen atoms in total. The number of carbonyl (C=O) groups is 1. The molecule has 2 atom stereocenters. The summed E-state index contributed by atoms with van der Waals surface area (Å²) >= 11 is 1.79. The Morgan fingerprint density at radius 3 is 2.94 bits per heavy atom. The molecule has 1 amide bonds. The standard InChI is InChI=1S/C14H22N2OS/c1-14(2,3)12(15)13(17)16-10-5-4-6-11-9(10)7-8-18-11/h7-8,10,12H,4-6,15H2,1-3H3,(H,16,17). The first-order chi connectivity index (χ1) is 8.39. The summed E-state index contributed by atoms with van der Waals surface area (Å²) in [7, 11) is 0. The van der Waals surface area contributed by atoms with Crippen LogP contribution in [0.1, 0.15) is 50.1 Å². The molecule has 0 fully saturated rings. The van der Waals surface area contributed by atoms with Gasteiger partial charge >= 0.3 is 0 Å². The fourth-order valence-corrected chi connectivity index (χ4v) is 3.28. The number of carbonyl (C=O) groups excluding carboxylic acids is 1. The maximum absolute atomic E-state index is 12.2. The van der Waals surface area contributed by atoms with Crippen LogP contribution in [0, 0.1) is 5.41 Å². The quantitative estimate of drug-likeness (QED) is 0.864. The number of hydrogen-bond acceptors (Lipinski definition) is 3. The lowest BCUT2D eigenvalue weighted by Crippen LogP contribution is -2.49. The maximum Gasteiger partial charge on any atom is 0.237 e. The lowest BCUT2D eigenvalue weighted by atomic mass is 9.86. The fraction of sp³-hybridized carbons (Fsp3) is 0.643. The van der Waals surface area contributed by atoms with Crippen molar-refractivity contribution in [3.05, 3.63) is 21.9 Å². The monoisotopic (exact) mass is 266 g/mol. The predicted octanol–water partition coefficient (Wildman–Crippen LogP) is 2.62. The molecule has 0 spiro atoms. The highest BCUT2D eigenvalue weighted by Crippen LogP contribution is 2.33. The van der Waals surface area contributed by atoms with Crippen LogP contribution < -0.4 is 11.1 Å². The van der Waals surface area contributed by atoms with Gasteiger partial charge in [-0.25, -0.2) is 0 Å². The molecule has 2 unspecified atom stereocenters. The van der Waals surface area contributed by atoms with Crippen molar-refractivity contribution in [3.8, 4) is 0 Å². The third-order valence-electron chi connectivity index (χ3n) is 3.58. The SMILES string of the molecule is CC(C)(C)C(N)C(=O)NC1CCCc2sccc21. The van der Waals surface area contributed by atoms with E-state index in [0.29, 0.717) is 0 Å². The van der Waals surface area contributed by atoms with Gasteiger partial charge in [-0.05, 0) is 41.7 Å². The van der Waals surface area contributed by atoms with Crippen LogP contribution in [0.3, 0.4) is 0 Å². The van der Waals surface area contributed by atoms with Crippen LogP contribution in [0.4, 0.5) is 0 Å². The Balaban J connectivity index is 2.06. The number of nitrogens with two attached hydrogens (primary N) is 1. The molecule has 0 aromatic carbocycles. The largest absolute Gasteiger partial charge is 0.348 e. The second-order valence-electron chi connectivity index (χ2n) is 6.10. The second-order valence-corrected chi connectivity index (χ2v) is 7.10. The van der Waals surface area contributed by atoms with Crippen LogP contribution in [0.25, 0.3) is 0 Å². The van der Waals surface area contributed by atoms with Gasteiger partial charge in [0, 0.05) is 4.88 Å². The second kappa shape index (κ2) is 5.02. The average Bonchev–Trinajstić information content (AvgIpc) is 2.75. The Morgan fingerprint density at radius 1 is 1.56 bits per heavy atom. The van der Waals surface area contributed by atoms with Crippen molar-refractivity contribution in [1.29, 1.82) is 0 Å². The van der Waals surface area contributed by atoms with Gasteiger partial charge in [-0.1, -0.05) is 20.8 Å². The molecule has 0 saturated heterocycles. The summed E-state index contributed by atoms with van der Waals surface area (Å²) in [6, 6.07) is 1.83. The first kappa shape index (κ1) is 13.6. The zero-order valence-electron chi connectivity index (χ0n) is 11.3. The molecule has 2 rings (SSSR count). The van der Waals surface area contributed by atoms with Crippen LogP contribution in [0.15, 0.2) is 11.4 Å². The molecule has 1 aliphatic carbocycles. The van der Waals surface area contributed by atoms with Gasteiger partial charge in [-0.2, -0.15) is 0 Å². The minimum absolute atomic E-state index is 0.0356. The number of nitrogens with one attached hydrogen (secondary N) is 1. The van der Waals surface area contributed by atoms with Crippen molar-refractivity contribution in [2.45, 2.75) is 52.1 Å². The van der Waals surface area contributed by atoms with Crippen LogP contribution in [0.5, 0.6) is 0 Å². The minimum atomic E-state index is -0.457. The van der Waals surface area contributed by atoms with Crippen molar-refractivity contribution in [2.75, 3.05) is 0 Å². The van der Waals surface area contributed by atoms with Gasteiger partial charge in [0.05, 0.1) is 12.1 Å². The highest BCUT2D eigenvalue weighted by molar-refractivity contribution is 7.10. The summed E-state index contributed by atoms with van der Waals surface area (Å²) in [5.74, 6) is -0.0356. The van der Waals surface area contributed by atoms with Crippen molar-refractivity contribution in [1.82, 2.24) is 5.32 Å². The summed E-state index contributed by atoms with van der Waals surface area (Å²) in [4.78, 5) is 13.6. The predicted molar refractivity (Wildman–Crippen MR) is 75.6 cm³/mol. The summed E-state index contributed by atoms with van der Waals surface area (Å²) < 4.78 is 0. The van der Waals surface area contributed by atoms with Gasteiger partial charge in [-0.3, -0.25) is 4.79 Å². The zero-order valence-corrected chi connectivity index (χ0v) is 12.1. The number of aryl methyl sites for hydroxylation is 1. The van der Waals surface area contributed by atoms with E-state index in [1.165, 1.54) is 10.4 Å². The van der Waals surface area contributed by atoms with Crippen molar-refractivity contribution in [3.63, 3.8) is 0 Å². The van der Waals surface area contributed by atoms with Gasteiger partial charge < -0.3 is 11.1 Å². The molecule has 0 radical (unpaired) electrons. The van der Waals surface area contributed by atoms with E-state index in [0.717, 1.165) is 19.3 Å². The molecular weight excluding hydrogens is 244 g/mol. The molecule has 1 heterocycles. The number of amides is 1. The molecule has 1 aliphatic rings. The topological polar surface area (TPSA) is 55.1 Å².